The maximum absolute atomic E-state index is 11.9. The fourth-order valence-corrected chi connectivity index (χ4v) is 4.71. The molecule has 1 aliphatic carbocycles. The maximum atomic E-state index is 11.9. The molecule has 0 saturated heterocycles. The summed E-state index contributed by atoms with van der Waals surface area (Å²) in [6.45, 7) is 0. The van der Waals surface area contributed by atoms with Crippen molar-refractivity contribution in [2.45, 2.75) is 38.5 Å². The van der Waals surface area contributed by atoms with Crippen LogP contribution in [0.15, 0.2) is 58.2 Å². The van der Waals surface area contributed by atoms with Gasteiger partial charge in [0.25, 0.3) is 0 Å². The van der Waals surface area contributed by atoms with Crippen LogP contribution in [0.1, 0.15) is 41.7 Å². The molecular formula is C25H24N2O4. The molecule has 6 nitrogen and oxygen atoms in total. The number of hydrogen-bond acceptors (Lipinski definition) is 4. The quantitative estimate of drug-likeness (QED) is 0.216. The molecule has 2 heterocycles. The highest BCUT2D eigenvalue weighted by Crippen LogP contribution is 2.33. The molecule has 1 atom stereocenters. The number of rotatable bonds is 7. The van der Waals surface area contributed by atoms with E-state index in [1.807, 2.05) is 48.7 Å². The molecule has 5 rings (SSSR count). The zero-order valence-electron chi connectivity index (χ0n) is 17.1. The summed E-state index contributed by atoms with van der Waals surface area (Å²) in [7, 11) is 0. The second-order valence-electron chi connectivity index (χ2n) is 8.25. The smallest absolute Gasteiger partial charge is 0.306 e. The van der Waals surface area contributed by atoms with E-state index in [1.165, 1.54) is 5.56 Å². The molecule has 0 radical (unpaired) electrons. The Kier molecular flexibility index (Phi) is 4.98. The molecule has 0 fully saturated rings. The summed E-state index contributed by atoms with van der Waals surface area (Å²) < 4.78 is 5.98. The largest absolute Gasteiger partial charge is 0.481 e. The van der Waals surface area contributed by atoms with Crippen LogP contribution in [0.2, 0.25) is 0 Å². The molecule has 1 aliphatic rings. The second kappa shape index (κ2) is 7.95. The van der Waals surface area contributed by atoms with E-state index in [9.17, 15) is 15.1 Å². The SMILES string of the molecule is O=C(O)C(CCc1c[nH]c2ccccc12)CC(=NO)c1ccc2c3c(oc2c1)CCC3. The van der Waals surface area contributed by atoms with Gasteiger partial charge in [0.2, 0.25) is 0 Å². The van der Waals surface area contributed by atoms with Gasteiger partial charge in [-0.05, 0) is 43.4 Å². The topological polar surface area (TPSA) is 98.8 Å². The molecule has 1 unspecified atom stereocenters. The third-order valence-corrected chi connectivity index (χ3v) is 6.39. The minimum absolute atomic E-state index is 0.153. The number of aliphatic carboxylic acids is 1. The molecule has 0 aliphatic heterocycles. The predicted octanol–water partition coefficient (Wildman–Crippen LogP) is 5.30. The number of aryl methyl sites for hydroxylation is 3. The number of carboxylic acids is 1. The van der Waals surface area contributed by atoms with E-state index in [0.717, 1.165) is 52.5 Å². The number of carbonyl (C=O) groups is 1. The van der Waals surface area contributed by atoms with Gasteiger partial charge in [0.05, 0.1) is 11.6 Å². The normalized spacial score (nSPS) is 14.9. The number of oxime groups is 1. The molecule has 0 saturated carbocycles. The number of aromatic amines is 1. The molecule has 2 aromatic carbocycles. The minimum Gasteiger partial charge on any atom is -0.481 e. The van der Waals surface area contributed by atoms with Gasteiger partial charge in [0.15, 0.2) is 0 Å². The number of fused-ring (bicyclic) bond motifs is 4. The lowest BCUT2D eigenvalue weighted by Crippen LogP contribution is -2.19. The summed E-state index contributed by atoms with van der Waals surface area (Å²) in [6, 6.07) is 13.7. The average Bonchev–Trinajstić information content (AvgIpc) is 3.48. The van der Waals surface area contributed by atoms with Crippen molar-refractivity contribution in [3.63, 3.8) is 0 Å². The Morgan fingerprint density at radius 3 is 2.87 bits per heavy atom. The van der Waals surface area contributed by atoms with E-state index in [2.05, 4.69) is 10.1 Å². The second-order valence-corrected chi connectivity index (χ2v) is 8.25. The summed E-state index contributed by atoms with van der Waals surface area (Å²) in [5, 5.41) is 25.1. The zero-order valence-corrected chi connectivity index (χ0v) is 17.1. The van der Waals surface area contributed by atoms with Crippen LogP contribution >= 0.6 is 0 Å². The predicted molar refractivity (Wildman–Crippen MR) is 119 cm³/mol. The van der Waals surface area contributed by atoms with Crippen LogP contribution in [0.5, 0.6) is 0 Å². The van der Waals surface area contributed by atoms with Crippen molar-refractivity contribution in [2.24, 2.45) is 11.1 Å². The Labute approximate surface area is 179 Å². The monoisotopic (exact) mass is 416 g/mol. The Morgan fingerprint density at radius 1 is 1.16 bits per heavy atom. The van der Waals surface area contributed by atoms with Gasteiger partial charge in [-0.2, -0.15) is 0 Å². The summed E-state index contributed by atoms with van der Waals surface area (Å²) in [4.78, 5) is 15.2. The van der Waals surface area contributed by atoms with Crippen molar-refractivity contribution in [2.75, 3.05) is 0 Å². The van der Waals surface area contributed by atoms with Crippen LogP contribution in [0.25, 0.3) is 21.9 Å². The van der Waals surface area contributed by atoms with Crippen molar-refractivity contribution in [1.82, 2.24) is 4.98 Å². The van der Waals surface area contributed by atoms with E-state index in [4.69, 9.17) is 4.42 Å². The van der Waals surface area contributed by atoms with E-state index < -0.39 is 11.9 Å². The zero-order chi connectivity index (χ0) is 21.4. The van der Waals surface area contributed by atoms with Gasteiger partial charge in [-0.25, -0.2) is 0 Å². The van der Waals surface area contributed by atoms with Crippen LogP contribution in [0.3, 0.4) is 0 Å². The summed E-state index contributed by atoms with van der Waals surface area (Å²) in [5.41, 5.74) is 5.24. The van der Waals surface area contributed by atoms with Gasteiger partial charge in [-0.3, -0.25) is 4.79 Å². The molecule has 158 valence electrons. The Morgan fingerprint density at radius 2 is 2.03 bits per heavy atom. The van der Waals surface area contributed by atoms with Gasteiger partial charge >= 0.3 is 5.97 Å². The third-order valence-electron chi connectivity index (χ3n) is 6.39. The van der Waals surface area contributed by atoms with Gasteiger partial charge in [0, 0.05) is 46.5 Å². The summed E-state index contributed by atoms with van der Waals surface area (Å²) in [6.07, 6.45) is 6.27. The Bertz CT molecular complexity index is 1300. The van der Waals surface area contributed by atoms with Crippen molar-refractivity contribution in [3.05, 3.63) is 71.1 Å². The van der Waals surface area contributed by atoms with Gasteiger partial charge < -0.3 is 19.7 Å². The van der Waals surface area contributed by atoms with Gasteiger partial charge in [-0.15, -0.1) is 0 Å². The number of aromatic nitrogens is 1. The van der Waals surface area contributed by atoms with Crippen LogP contribution in [-0.4, -0.2) is 27.0 Å². The first-order chi connectivity index (χ1) is 15.1. The number of nitrogens with one attached hydrogen (secondary N) is 1. The van der Waals surface area contributed by atoms with Crippen molar-refractivity contribution < 1.29 is 19.5 Å². The number of benzene rings is 2. The molecule has 0 amide bonds. The fraction of sp³-hybridized carbons (Fsp3) is 0.280. The Hall–Kier alpha value is -3.54. The molecule has 0 bridgehead atoms. The molecule has 0 spiro atoms. The van der Waals surface area contributed by atoms with Crippen LogP contribution in [-0.2, 0) is 24.1 Å². The molecule has 3 N–H and O–H groups in total. The number of carboxylic acid groups (broad SMARTS) is 1. The van der Waals surface area contributed by atoms with Gasteiger partial charge in [-0.1, -0.05) is 35.5 Å². The molecule has 6 heteroatoms. The molecular weight excluding hydrogens is 392 g/mol. The summed E-state index contributed by atoms with van der Waals surface area (Å²) in [5.74, 6) is -0.507. The van der Waals surface area contributed by atoms with Crippen LogP contribution in [0.4, 0.5) is 0 Å². The van der Waals surface area contributed by atoms with Crippen molar-refractivity contribution >= 4 is 33.6 Å². The minimum atomic E-state index is -0.890. The van der Waals surface area contributed by atoms with E-state index in [0.29, 0.717) is 24.1 Å². The first kappa shape index (κ1) is 19.4. The van der Waals surface area contributed by atoms with Crippen molar-refractivity contribution in [3.8, 4) is 0 Å². The first-order valence-corrected chi connectivity index (χ1v) is 10.7. The van der Waals surface area contributed by atoms with E-state index in [1.54, 1.807) is 0 Å². The van der Waals surface area contributed by atoms with E-state index >= 15 is 0 Å². The fourth-order valence-electron chi connectivity index (χ4n) is 4.71. The van der Waals surface area contributed by atoms with Crippen LogP contribution < -0.4 is 0 Å². The van der Waals surface area contributed by atoms with Gasteiger partial charge in [0.1, 0.15) is 11.3 Å². The summed E-state index contributed by atoms with van der Waals surface area (Å²) >= 11 is 0. The molecule has 4 aromatic rings. The van der Waals surface area contributed by atoms with E-state index in [-0.39, 0.29) is 6.42 Å². The number of nitrogens with zero attached hydrogens (tertiary/aromatic N) is 1. The highest BCUT2D eigenvalue weighted by atomic mass is 16.4. The number of para-hydroxylation sites is 1. The molecule has 31 heavy (non-hydrogen) atoms. The maximum Gasteiger partial charge on any atom is 0.306 e. The molecule has 2 aromatic heterocycles. The number of hydrogen-bond donors (Lipinski definition) is 3. The number of H-pyrrole nitrogens is 1. The highest BCUT2D eigenvalue weighted by Gasteiger charge is 2.24. The van der Waals surface area contributed by atoms with Crippen LogP contribution in [0, 0.1) is 5.92 Å². The third kappa shape index (κ3) is 3.58. The first-order valence-electron chi connectivity index (χ1n) is 10.7. The lowest BCUT2D eigenvalue weighted by Gasteiger charge is -2.13. The lowest BCUT2D eigenvalue weighted by molar-refractivity contribution is -0.141. The van der Waals surface area contributed by atoms with Crippen molar-refractivity contribution in [1.29, 1.82) is 0 Å². The average molecular weight is 416 g/mol. The standard InChI is InChI=1S/C25H24N2O4/c28-25(29)16(8-9-17-14-26-21-6-2-1-4-18(17)21)12-22(27-30)15-10-11-20-19-5-3-7-23(19)31-24(20)13-15/h1-2,4,6,10-11,13-14,16,26,30H,3,5,7-9,12H2,(H,28,29). The number of furan rings is 1. The lowest BCUT2D eigenvalue weighted by atomic mass is 9.91. The Balaban J connectivity index is 1.35. The highest BCUT2D eigenvalue weighted by molar-refractivity contribution is 6.04.